The maximum absolute atomic E-state index is 2.52. The van der Waals surface area contributed by atoms with E-state index in [1.54, 1.807) is 0 Å². The van der Waals surface area contributed by atoms with Crippen LogP contribution in [0, 0.1) is 166 Å². The first-order valence-corrected chi connectivity index (χ1v) is 37.9. The second kappa shape index (κ2) is 23.6. The molecule has 0 aliphatic carbocycles. The second-order valence-corrected chi connectivity index (χ2v) is 33.0. The van der Waals surface area contributed by atoms with Gasteiger partial charge < -0.3 is 0 Å². The summed E-state index contributed by atoms with van der Waals surface area (Å²) in [5.41, 5.74) is 51.4. The smallest absolute Gasteiger partial charge is 0.000397 e. The van der Waals surface area contributed by atoms with Crippen molar-refractivity contribution in [1.29, 1.82) is 0 Å². The lowest BCUT2D eigenvalue weighted by Crippen LogP contribution is -2.07. The van der Waals surface area contributed by atoms with Crippen LogP contribution in [-0.2, 0) is 0 Å². The molecule has 0 radical (unpaired) electrons. The maximum Gasteiger partial charge on any atom is -0.000397 e. The highest BCUT2D eigenvalue weighted by Crippen LogP contribution is 2.65. The predicted octanol–water partition coefficient (Wildman–Crippen LogP) is 30.0. The van der Waals surface area contributed by atoms with Gasteiger partial charge in [-0.2, -0.15) is 0 Å². The summed E-state index contributed by atoms with van der Waals surface area (Å²) in [6, 6.07) is 59.2. The van der Waals surface area contributed by atoms with Crippen molar-refractivity contribution in [3.63, 3.8) is 0 Å². The van der Waals surface area contributed by atoms with Gasteiger partial charge in [-0.25, -0.2) is 0 Å². The van der Waals surface area contributed by atoms with Crippen molar-refractivity contribution in [2.24, 2.45) is 0 Å². The molecule has 17 aromatic rings. The molecule has 0 nitrogen and oxygen atoms in total. The lowest BCUT2D eigenvalue weighted by molar-refractivity contribution is 1.36. The van der Waals surface area contributed by atoms with Crippen molar-refractivity contribution in [3.05, 3.63) is 279 Å². The van der Waals surface area contributed by atoms with Gasteiger partial charge in [-0.1, -0.05) is 235 Å². The highest BCUT2D eigenvalue weighted by Gasteiger charge is 2.38. The summed E-state index contributed by atoms with van der Waals surface area (Å²) < 4.78 is 0. The molecule has 0 fully saturated rings. The Labute approximate surface area is 616 Å². The normalized spacial score (nSPS) is 12.2. The third-order valence-electron chi connectivity index (χ3n) is 24.3. The first kappa shape index (κ1) is 66.8. The Kier molecular flexibility index (Phi) is 15.1. The zero-order valence-electron chi connectivity index (χ0n) is 65.9. The predicted molar refractivity (Wildman–Crippen MR) is 457 cm³/mol. The maximum atomic E-state index is 2.52. The average Bonchev–Trinajstić information content (AvgIpc) is 0.648. The fourth-order valence-electron chi connectivity index (χ4n) is 20.8. The summed E-state index contributed by atoms with van der Waals surface area (Å²) in [5.74, 6) is 0. The van der Waals surface area contributed by atoms with Crippen molar-refractivity contribution in [1.82, 2.24) is 0 Å². The lowest BCUT2D eigenvalue weighted by atomic mass is 9.68. The van der Waals surface area contributed by atoms with Crippen molar-refractivity contribution in [2.45, 2.75) is 166 Å². The SMILES string of the molecule is Cc1cc(C)cc(-c2c(-c3cc(C)cc(C)c3)c3c(C)c(C)c4c(-c5cc(C)cc(C)c5)c(-c5cc(C)cc(C)c5)c5c(C)c(C)c6c(-c7cc(C)cc(C)c7)c(-c7cc(C)cc(C)c7)c7c(C)c(C)c8c(-c9cc(C)cc(C)c9)c(-c9cc(C)cc(C)c9)c9c(C)c(C)c2c2c9c8c7c6c5c4c32)c1. The van der Waals surface area contributed by atoms with E-state index < -0.39 is 0 Å². The molecule has 0 heteroatoms. The van der Waals surface area contributed by atoms with Crippen LogP contribution >= 0.6 is 0 Å². The molecular formula is C104H96. The van der Waals surface area contributed by atoms with Gasteiger partial charge in [0.05, 0.1) is 0 Å². The van der Waals surface area contributed by atoms with Crippen LogP contribution in [-0.4, -0.2) is 0 Å². The van der Waals surface area contributed by atoms with Crippen LogP contribution in [0.1, 0.15) is 134 Å². The molecule has 0 saturated carbocycles. The fraction of sp³-hybridized carbons (Fsp3) is 0.231. The topological polar surface area (TPSA) is 0 Å². The van der Waals surface area contributed by atoms with Crippen LogP contribution in [0.2, 0.25) is 0 Å². The molecule has 0 spiro atoms. The van der Waals surface area contributed by atoms with Crippen LogP contribution in [0.15, 0.2) is 146 Å². The molecule has 0 unspecified atom stereocenters. The summed E-state index contributed by atoms with van der Waals surface area (Å²) in [6.45, 7) is 57.1. The van der Waals surface area contributed by atoms with Crippen LogP contribution < -0.4 is 0 Å². The van der Waals surface area contributed by atoms with E-state index in [4.69, 9.17) is 0 Å². The van der Waals surface area contributed by atoms with Crippen molar-refractivity contribution < 1.29 is 0 Å². The second-order valence-electron chi connectivity index (χ2n) is 33.0. The third-order valence-corrected chi connectivity index (χ3v) is 24.3. The molecule has 0 amide bonds. The molecule has 0 aliphatic heterocycles. The Hall–Kier alpha value is -10.4. The first-order valence-electron chi connectivity index (χ1n) is 37.9. The van der Waals surface area contributed by atoms with E-state index in [2.05, 4.69) is 312 Å². The molecule has 0 aromatic heterocycles. The van der Waals surface area contributed by atoms with Crippen LogP contribution in [0.5, 0.6) is 0 Å². The Morgan fingerprint density at radius 1 is 0.0962 bits per heavy atom. The molecule has 0 bridgehead atoms. The van der Waals surface area contributed by atoms with Gasteiger partial charge in [-0.05, 0) is 386 Å². The molecular weight excluding hydrogens is 1250 g/mol. The zero-order chi connectivity index (χ0) is 73.3. The van der Waals surface area contributed by atoms with Gasteiger partial charge in [0.1, 0.15) is 0 Å². The summed E-state index contributed by atoms with van der Waals surface area (Å²) >= 11 is 0. The van der Waals surface area contributed by atoms with Gasteiger partial charge in [-0.3, -0.25) is 0 Å². The van der Waals surface area contributed by atoms with Crippen molar-refractivity contribution in [3.8, 4) is 89.0 Å². The highest BCUT2D eigenvalue weighted by molar-refractivity contribution is 6.53. The number of hydrogen-bond donors (Lipinski definition) is 0. The summed E-state index contributed by atoms with van der Waals surface area (Å²) in [4.78, 5) is 0. The molecule has 17 rings (SSSR count). The molecule has 0 aliphatic rings. The van der Waals surface area contributed by atoms with E-state index >= 15 is 0 Å². The molecule has 512 valence electrons. The van der Waals surface area contributed by atoms with Gasteiger partial charge in [-0.15, -0.1) is 0 Å². The van der Waals surface area contributed by atoms with E-state index in [1.807, 2.05) is 0 Å². The Bertz CT molecular complexity index is 5290. The van der Waals surface area contributed by atoms with E-state index in [1.165, 1.54) is 309 Å². The van der Waals surface area contributed by atoms with E-state index in [9.17, 15) is 0 Å². The fourth-order valence-corrected chi connectivity index (χ4v) is 20.8. The number of rotatable bonds is 8. The molecule has 0 N–H and O–H groups in total. The number of aryl methyl sites for hydroxylation is 24. The van der Waals surface area contributed by atoms with Crippen molar-refractivity contribution >= 4 is 86.2 Å². The van der Waals surface area contributed by atoms with Crippen molar-refractivity contribution in [2.75, 3.05) is 0 Å². The first-order chi connectivity index (χ1) is 49.5. The minimum atomic E-state index is 1.26. The number of benzene rings is 16. The molecule has 0 saturated heterocycles. The molecule has 0 heterocycles. The minimum Gasteiger partial charge on any atom is -0.0563 e. The Morgan fingerprint density at radius 3 is 0.250 bits per heavy atom. The van der Waals surface area contributed by atoms with Gasteiger partial charge in [0, 0.05) is 0 Å². The average molecular weight is 1350 g/mol. The van der Waals surface area contributed by atoms with Gasteiger partial charge in [0.15, 0.2) is 0 Å². The quantitative estimate of drug-likeness (QED) is 0.133. The van der Waals surface area contributed by atoms with Gasteiger partial charge in [0.2, 0.25) is 0 Å². The van der Waals surface area contributed by atoms with Gasteiger partial charge in [0.25, 0.3) is 0 Å². The summed E-state index contributed by atoms with van der Waals surface area (Å²) in [7, 11) is 0. The van der Waals surface area contributed by atoms with Gasteiger partial charge >= 0.3 is 0 Å². The lowest BCUT2D eigenvalue weighted by Gasteiger charge is -2.34. The van der Waals surface area contributed by atoms with Crippen LogP contribution in [0.25, 0.3) is 175 Å². The van der Waals surface area contributed by atoms with E-state index in [0.29, 0.717) is 0 Å². The zero-order valence-corrected chi connectivity index (χ0v) is 65.9. The standard InChI is InChI=1S/C104H96/c1-49-25-50(2)34-73(33-49)89-81-65(17)66(18)83-91(75-37-53(5)27-54(6)38-75)93(77-41-57(9)29-58(10)42-77)85-69(21)70(22)87-95(79-45-61(13)31-62(14)46-79)96(80-47-63(15)32-64(16)48-80)88-72(24)71(23)86-94(78-43-59(11)30-60(12)44-78)92(76-39-55(7)28-56(8)40-76)84-68(20)67(19)82(90(89)74-35-51(3)26-52(4)36-74)98-97(81)99(83)101(85)103(87)104(88)102(86)100(84)98/h25-48H,1-24H3. The third kappa shape index (κ3) is 9.76. The van der Waals surface area contributed by atoms with Crippen LogP contribution in [0.4, 0.5) is 0 Å². The monoisotopic (exact) mass is 1340 g/mol. The van der Waals surface area contributed by atoms with E-state index in [-0.39, 0.29) is 0 Å². The molecule has 104 heavy (non-hydrogen) atoms. The van der Waals surface area contributed by atoms with Crippen LogP contribution in [0.3, 0.4) is 0 Å². The molecule has 0 atom stereocenters. The minimum absolute atomic E-state index is 1.26. The highest BCUT2D eigenvalue weighted by atomic mass is 14.4. The van der Waals surface area contributed by atoms with E-state index in [0.717, 1.165) is 0 Å². The molecule has 17 aromatic carbocycles. The summed E-state index contributed by atoms with van der Waals surface area (Å²) in [5, 5.41) is 21.6. The Balaban J connectivity index is 1.39. The number of hydrogen-bond acceptors (Lipinski definition) is 0. The Morgan fingerprint density at radius 2 is 0.173 bits per heavy atom. The largest absolute Gasteiger partial charge is 0.0563 e. The summed E-state index contributed by atoms with van der Waals surface area (Å²) in [6.07, 6.45) is 0.